The first-order valence-corrected chi connectivity index (χ1v) is 8.14. The molecule has 3 heteroatoms. The zero-order chi connectivity index (χ0) is 14.5. The average Bonchev–Trinajstić information content (AvgIpc) is 2.48. The molecule has 0 spiro atoms. The van der Waals surface area contributed by atoms with E-state index in [9.17, 15) is 4.21 Å². The monoisotopic (exact) mass is 287 g/mol. The van der Waals surface area contributed by atoms with E-state index >= 15 is 0 Å². The molecule has 2 atom stereocenters. The first-order chi connectivity index (χ1) is 9.61. The predicted octanol–water partition coefficient (Wildman–Crippen LogP) is 3.15. The Bertz CT molecular complexity index is 595. The molecular weight excluding hydrogens is 266 g/mol. The van der Waals surface area contributed by atoms with E-state index in [0.717, 1.165) is 21.6 Å². The molecule has 2 nitrogen and oxygen atoms in total. The van der Waals surface area contributed by atoms with Crippen molar-refractivity contribution in [2.24, 2.45) is 5.73 Å². The van der Waals surface area contributed by atoms with E-state index in [1.165, 1.54) is 0 Å². The van der Waals surface area contributed by atoms with Gasteiger partial charge < -0.3 is 5.73 Å². The van der Waals surface area contributed by atoms with Gasteiger partial charge >= 0.3 is 0 Å². The third-order valence-electron chi connectivity index (χ3n) is 3.50. The maximum atomic E-state index is 12.6. The molecule has 2 aromatic rings. The lowest BCUT2D eigenvalue weighted by molar-refractivity contribution is 0.672. The molecule has 20 heavy (non-hydrogen) atoms. The number of hydrogen-bond acceptors (Lipinski definition) is 2. The van der Waals surface area contributed by atoms with E-state index in [4.69, 9.17) is 5.73 Å². The fourth-order valence-electron chi connectivity index (χ4n) is 2.25. The average molecular weight is 287 g/mol. The van der Waals surface area contributed by atoms with Crippen molar-refractivity contribution in [2.45, 2.75) is 24.7 Å². The molecule has 106 valence electrons. The van der Waals surface area contributed by atoms with Crippen LogP contribution in [0.5, 0.6) is 0 Å². The minimum Gasteiger partial charge on any atom is -0.330 e. The lowest BCUT2D eigenvalue weighted by Crippen LogP contribution is -2.19. The van der Waals surface area contributed by atoms with Crippen molar-refractivity contribution in [3.8, 4) is 0 Å². The molecule has 0 aromatic heterocycles. The van der Waals surface area contributed by atoms with Gasteiger partial charge in [0.25, 0.3) is 0 Å². The van der Waals surface area contributed by atoms with E-state index in [0.29, 0.717) is 12.3 Å². The van der Waals surface area contributed by atoms with Gasteiger partial charge in [-0.3, -0.25) is 4.21 Å². The second-order valence-corrected chi connectivity index (χ2v) is 6.59. The molecule has 0 heterocycles. The Morgan fingerprint density at radius 1 is 1.10 bits per heavy atom. The highest BCUT2D eigenvalue weighted by Crippen LogP contribution is 2.21. The molecule has 0 aliphatic heterocycles. The van der Waals surface area contributed by atoms with Gasteiger partial charge in [0.05, 0.1) is 10.8 Å². The Balaban J connectivity index is 2.20. The largest absolute Gasteiger partial charge is 0.330 e. The molecule has 2 unspecified atom stereocenters. The van der Waals surface area contributed by atoms with Crippen molar-refractivity contribution in [1.29, 1.82) is 0 Å². The van der Waals surface area contributed by atoms with Gasteiger partial charge in [-0.2, -0.15) is 0 Å². The van der Waals surface area contributed by atoms with Gasteiger partial charge in [0.15, 0.2) is 0 Å². The Morgan fingerprint density at radius 3 is 2.45 bits per heavy atom. The third-order valence-corrected chi connectivity index (χ3v) is 5.13. The normalized spacial score (nSPS) is 13.9. The minimum atomic E-state index is -1.02. The fraction of sp³-hybridized carbons (Fsp3) is 0.294. The molecule has 0 bridgehead atoms. The predicted molar refractivity (Wildman–Crippen MR) is 85.4 cm³/mol. The van der Waals surface area contributed by atoms with Gasteiger partial charge in [0, 0.05) is 23.1 Å². The van der Waals surface area contributed by atoms with Crippen LogP contribution in [0.15, 0.2) is 53.4 Å². The quantitative estimate of drug-likeness (QED) is 0.918. The van der Waals surface area contributed by atoms with Crippen molar-refractivity contribution in [1.82, 2.24) is 0 Å². The number of hydrogen-bond donors (Lipinski definition) is 1. The van der Waals surface area contributed by atoms with Crippen LogP contribution in [0.2, 0.25) is 0 Å². The van der Waals surface area contributed by atoms with Crippen LogP contribution >= 0.6 is 0 Å². The summed E-state index contributed by atoms with van der Waals surface area (Å²) in [5, 5.41) is 0. The second-order valence-electron chi connectivity index (χ2n) is 5.12. The molecule has 0 radical (unpaired) electrons. The second kappa shape index (κ2) is 6.82. The van der Waals surface area contributed by atoms with Gasteiger partial charge in [-0.15, -0.1) is 0 Å². The number of benzene rings is 2. The lowest BCUT2D eigenvalue weighted by atomic mass is 10.0. The van der Waals surface area contributed by atoms with Crippen LogP contribution in [-0.4, -0.2) is 16.5 Å². The molecule has 0 aliphatic carbocycles. The summed E-state index contributed by atoms with van der Waals surface area (Å²) in [6.45, 7) is 4.55. The van der Waals surface area contributed by atoms with Crippen LogP contribution in [0, 0.1) is 13.8 Å². The Labute approximate surface area is 123 Å². The molecule has 0 fully saturated rings. The molecule has 2 N–H and O–H groups in total. The number of aryl methyl sites for hydroxylation is 2. The van der Waals surface area contributed by atoms with Gasteiger partial charge in [-0.05, 0) is 36.6 Å². The smallest absolute Gasteiger partial charge is 0.0538 e. The molecule has 2 rings (SSSR count). The SMILES string of the molecule is Cc1ccc(C)c(S(=O)CC(CN)c2ccccc2)c1. The minimum absolute atomic E-state index is 0.136. The van der Waals surface area contributed by atoms with Crippen molar-refractivity contribution in [3.05, 3.63) is 65.2 Å². The van der Waals surface area contributed by atoms with Crippen LogP contribution in [0.3, 0.4) is 0 Å². The molecule has 0 amide bonds. The van der Waals surface area contributed by atoms with Gasteiger partial charge in [0.1, 0.15) is 0 Å². The van der Waals surface area contributed by atoms with Crippen LogP contribution in [-0.2, 0) is 10.8 Å². The van der Waals surface area contributed by atoms with E-state index in [1.807, 2.05) is 50.2 Å². The third kappa shape index (κ3) is 3.56. The maximum Gasteiger partial charge on any atom is 0.0538 e. The van der Waals surface area contributed by atoms with Gasteiger partial charge in [0.2, 0.25) is 0 Å². The highest BCUT2D eigenvalue weighted by atomic mass is 32.2. The lowest BCUT2D eigenvalue weighted by Gasteiger charge is -2.16. The van der Waals surface area contributed by atoms with Crippen LogP contribution in [0.25, 0.3) is 0 Å². The zero-order valence-corrected chi connectivity index (χ0v) is 12.8. The van der Waals surface area contributed by atoms with E-state index in [1.54, 1.807) is 0 Å². The highest BCUT2D eigenvalue weighted by Gasteiger charge is 2.16. The molecule has 0 aliphatic rings. The molecule has 2 aromatic carbocycles. The summed E-state index contributed by atoms with van der Waals surface area (Å²) in [6.07, 6.45) is 0. The zero-order valence-electron chi connectivity index (χ0n) is 12.0. The van der Waals surface area contributed by atoms with E-state index in [-0.39, 0.29) is 5.92 Å². The van der Waals surface area contributed by atoms with Crippen molar-refractivity contribution >= 4 is 10.8 Å². The molecular formula is C17H21NOS. The van der Waals surface area contributed by atoms with Crippen molar-refractivity contribution in [2.75, 3.05) is 12.3 Å². The first kappa shape index (κ1) is 14.9. The molecule has 0 saturated carbocycles. The van der Waals surface area contributed by atoms with E-state index in [2.05, 4.69) is 12.1 Å². The summed E-state index contributed by atoms with van der Waals surface area (Å²) < 4.78 is 12.6. The Hall–Kier alpha value is -1.45. The topological polar surface area (TPSA) is 43.1 Å². The van der Waals surface area contributed by atoms with Gasteiger partial charge in [-0.25, -0.2) is 0 Å². The summed E-state index contributed by atoms with van der Waals surface area (Å²) in [7, 11) is -1.02. The summed E-state index contributed by atoms with van der Waals surface area (Å²) >= 11 is 0. The summed E-state index contributed by atoms with van der Waals surface area (Å²) in [6, 6.07) is 16.2. The maximum absolute atomic E-state index is 12.6. The standard InChI is InChI=1S/C17H21NOS/c1-13-8-9-14(2)17(10-13)20(19)12-16(11-18)15-6-4-3-5-7-15/h3-10,16H,11-12,18H2,1-2H3. The van der Waals surface area contributed by atoms with Crippen molar-refractivity contribution in [3.63, 3.8) is 0 Å². The summed E-state index contributed by atoms with van der Waals surface area (Å²) in [5.74, 6) is 0.710. The van der Waals surface area contributed by atoms with Crippen LogP contribution in [0.1, 0.15) is 22.6 Å². The molecule has 0 saturated heterocycles. The summed E-state index contributed by atoms with van der Waals surface area (Å²) in [5.41, 5.74) is 9.25. The van der Waals surface area contributed by atoms with Crippen LogP contribution in [0.4, 0.5) is 0 Å². The Kier molecular flexibility index (Phi) is 5.10. The van der Waals surface area contributed by atoms with Crippen LogP contribution < -0.4 is 5.73 Å². The van der Waals surface area contributed by atoms with Crippen molar-refractivity contribution < 1.29 is 4.21 Å². The van der Waals surface area contributed by atoms with E-state index < -0.39 is 10.8 Å². The summed E-state index contributed by atoms with van der Waals surface area (Å²) in [4.78, 5) is 0.930. The number of rotatable bonds is 5. The number of nitrogens with two attached hydrogens (primary N) is 1. The Morgan fingerprint density at radius 2 is 1.80 bits per heavy atom. The first-order valence-electron chi connectivity index (χ1n) is 6.82. The highest BCUT2D eigenvalue weighted by molar-refractivity contribution is 7.85. The van der Waals surface area contributed by atoms with Gasteiger partial charge in [-0.1, -0.05) is 42.5 Å². The fourth-order valence-corrected chi connectivity index (χ4v) is 3.87.